The lowest BCUT2D eigenvalue weighted by atomic mass is 10.0. The predicted octanol–water partition coefficient (Wildman–Crippen LogP) is 3.52. The molecule has 6 nitrogen and oxygen atoms in total. The second-order valence-electron chi connectivity index (χ2n) is 4.29. The molecule has 0 radical (unpaired) electrons. The lowest BCUT2D eigenvalue weighted by Gasteiger charge is -2.06. The molecule has 0 saturated heterocycles. The first-order chi connectivity index (χ1) is 9.97. The summed E-state index contributed by atoms with van der Waals surface area (Å²) in [6, 6.07) is 5.63. The third-order valence-corrected chi connectivity index (χ3v) is 4.19. The molecule has 8 heteroatoms. The molecular weight excluding hydrogens is 316 g/mol. The Morgan fingerprint density at radius 1 is 1.29 bits per heavy atom. The predicted molar refractivity (Wildman–Crippen MR) is 81.2 cm³/mol. The summed E-state index contributed by atoms with van der Waals surface area (Å²) in [6.07, 6.45) is 0. The Labute approximate surface area is 126 Å². The van der Waals surface area contributed by atoms with Gasteiger partial charge in [0.05, 0.1) is 21.0 Å². The summed E-state index contributed by atoms with van der Waals surface area (Å²) in [5, 5.41) is 23.1. The van der Waals surface area contributed by atoms with Gasteiger partial charge in [0.15, 0.2) is 0 Å². The smallest absolute Gasteiger partial charge is 0.331 e. The minimum Gasteiger partial charge on any atom is -0.507 e. The van der Waals surface area contributed by atoms with E-state index in [-0.39, 0.29) is 15.8 Å². The van der Waals surface area contributed by atoms with E-state index in [1.54, 1.807) is 11.4 Å². The Morgan fingerprint density at radius 2 is 2.05 bits per heavy atom. The van der Waals surface area contributed by atoms with Crippen molar-refractivity contribution < 1.29 is 10.0 Å². The van der Waals surface area contributed by atoms with E-state index < -0.39 is 10.5 Å². The number of aromatic nitrogens is 1. The Balaban J connectivity index is 2.33. The number of H-pyrrole nitrogens is 1. The van der Waals surface area contributed by atoms with Gasteiger partial charge in [0.2, 0.25) is 0 Å². The van der Waals surface area contributed by atoms with Gasteiger partial charge in [-0.2, -0.15) is 0 Å². The molecule has 3 aromatic rings. The van der Waals surface area contributed by atoms with Crippen molar-refractivity contribution in [2.75, 3.05) is 0 Å². The maximum Gasteiger partial charge on any atom is 0.331 e. The first-order valence-electron chi connectivity index (χ1n) is 5.75. The van der Waals surface area contributed by atoms with Crippen LogP contribution in [0.25, 0.3) is 22.0 Å². The number of fused-ring (bicyclic) bond motifs is 1. The summed E-state index contributed by atoms with van der Waals surface area (Å²) >= 11 is 7.15. The summed E-state index contributed by atoms with van der Waals surface area (Å²) < 4.78 is 0. The number of thiophene rings is 1. The molecule has 0 aliphatic rings. The molecule has 0 spiro atoms. The fraction of sp³-hybridized carbons (Fsp3) is 0. The molecule has 0 atom stereocenters. The first kappa shape index (κ1) is 13.6. The van der Waals surface area contributed by atoms with Gasteiger partial charge in [-0.05, 0) is 23.6 Å². The summed E-state index contributed by atoms with van der Waals surface area (Å²) in [7, 11) is 0. The third-order valence-electron chi connectivity index (χ3n) is 3.01. The number of pyridine rings is 1. The quantitative estimate of drug-likeness (QED) is 0.557. The topological polar surface area (TPSA) is 96.2 Å². The van der Waals surface area contributed by atoms with Gasteiger partial charge in [-0.3, -0.25) is 14.9 Å². The molecule has 0 unspecified atom stereocenters. The van der Waals surface area contributed by atoms with Crippen LogP contribution < -0.4 is 5.56 Å². The van der Waals surface area contributed by atoms with E-state index in [0.717, 1.165) is 17.4 Å². The molecule has 0 amide bonds. The molecule has 2 heterocycles. The van der Waals surface area contributed by atoms with Crippen LogP contribution in [0.5, 0.6) is 5.75 Å². The molecule has 2 N–H and O–H groups in total. The van der Waals surface area contributed by atoms with E-state index in [1.165, 1.54) is 12.1 Å². The minimum absolute atomic E-state index is 0.0276. The van der Waals surface area contributed by atoms with Crippen molar-refractivity contribution in [3.63, 3.8) is 0 Å². The van der Waals surface area contributed by atoms with Gasteiger partial charge < -0.3 is 10.1 Å². The normalized spacial score (nSPS) is 10.9. The Hall–Kier alpha value is -2.38. The number of aromatic hydroxyl groups is 1. The Morgan fingerprint density at radius 3 is 2.76 bits per heavy atom. The highest BCUT2D eigenvalue weighted by molar-refractivity contribution is 7.14. The van der Waals surface area contributed by atoms with E-state index >= 15 is 0 Å². The number of halogens is 1. The second-order valence-corrected chi connectivity index (χ2v) is 5.59. The average Bonchev–Trinajstić information content (AvgIpc) is 2.86. The van der Waals surface area contributed by atoms with Crippen molar-refractivity contribution in [2.45, 2.75) is 0 Å². The lowest BCUT2D eigenvalue weighted by Crippen LogP contribution is -2.03. The van der Waals surface area contributed by atoms with Crippen molar-refractivity contribution in [1.29, 1.82) is 0 Å². The van der Waals surface area contributed by atoms with Crippen molar-refractivity contribution in [1.82, 2.24) is 4.98 Å². The zero-order valence-corrected chi connectivity index (χ0v) is 11.9. The van der Waals surface area contributed by atoms with Crippen LogP contribution >= 0.6 is 22.9 Å². The van der Waals surface area contributed by atoms with Crippen LogP contribution in [0.3, 0.4) is 0 Å². The van der Waals surface area contributed by atoms with Crippen molar-refractivity contribution in [2.24, 2.45) is 0 Å². The number of nitro groups is 1. The van der Waals surface area contributed by atoms with E-state index in [2.05, 4.69) is 4.98 Å². The van der Waals surface area contributed by atoms with Gasteiger partial charge in [0.1, 0.15) is 5.75 Å². The highest BCUT2D eigenvalue weighted by atomic mass is 35.5. The highest BCUT2D eigenvalue weighted by Crippen LogP contribution is 2.40. The van der Waals surface area contributed by atoms with Gasteiger partial charge in [0.25, 0.3) is 5.56 Å². The number of nitrogens with one attached hydrogen (secondary N) is 1. The van der Waals surface area contributed by atoms with Crippen LogP contribution in [0.2, 0.25) is 5.02 Å². The number of hydrogen-bond acceptors (Lipinski definition) is 5. The number of rotatable bonds is 2. The fourth-order valence-electron chi connectivity index (χ4n) is 2.11. The molecule has 0 aliphatic carbocycles. The SMILES string of the molecule is O=c1cc(O)c2cc(-c3ccsc3[N+](=O)[O-])c(Cl)cc2[nH]1. The summed E-state index contributed by atoms with van der Waals surface area (Å²) in [5.74, 6) is -0.204. The fourth-order valence-corrected chi connectivity index (χ4v) is 3.10. The number of benzene rings is 1. The van der Waals surface area contributed by atoms with Crippen LogP contribution in [0.1, 0.15) is 0 Å². The minimum atomic E-state index is -0.479. The van der Waals surface area contributed by atoms with E-state index in [4.69, 9.17) is 11.6 Å². The van der Waals surface area contributed by atoms with Crippen LogP contribution in [-0.2, 0) is 0 Å². The summed E-state index contributed by atoms with van der Waals surface area (Å²) in [4.78, 5) is 24.4. The molecule has 21 heavy (non-hydrogen) atoms. The van der Waals surface area contributed by atoms with Crippen LogP contribution in [-0.4, -0.2) is 15.0 Å². The lowest BCUT2D eigenvalue weighted by molar-refractivity contribution is -0.379. The maximum absolute atomic E-state index is 11.3. The van der Waals surface area contributed by atoms with Gasteiger partial charge in [-0.1, -0.05) is 22.9 Å². The Bertz CT molecular complexity index is 932. The molecule has 106 valence electrons. The molecule has 0 fully saturated rings. The molecular formula is C13H7ClN2O4S. The molecule has 2 aromatic heterocycles. The van der Waals surface area contributed by atoms with Gasteiger partial charge in [0, 0.05) is 17.0 Å². The van der Waals surface area contributed by atoms with Crippen molar-refractivity contribution >= 4 is 38.8 Å². The second kappa shape index (κ2) is 4.87. The highest BCUT2D eigenvalue weighted by Gasteiger charge is 2.20. The number of nitrogens with zero attached hydrogens (tertiary/aromatic N) is 1. The maximum atomic E-state index is 11.3. The first-order valence-corrected chi connectivity index (χ1v) is 7.01. The summed E-state index contributed by atoms with van der Waals surface area (Å²) in [5.41, 5.74) is 0.721. The van der Waals surface area contributed by atoms with E-state index in [1.807, 2.05) is 0 Å². The molecule has 0 saturated carbocycles. The zero-order chi connectivity index (χ0) is 15.1. The number of hydrogen-bond donors (Lipinski definition) is 2. The molecule has 0 aliphatic heterocycles. The average molecular weight is 323 g/mol. The van der Waals surface area contributed by atoms with Crippen molar-refractivity contribution in [3.05, 3.63) is 55.1 Å². The standard InChI is InChI=1S/C13H7ClN2O4S/c14-9-4-10-8(11(17)5-12(18)15-10)3-7(9)6-1-2-21-13(6)16(19)20/h1-5H,(H2,15,17,18). The third kappa shape index (κ3) is 2.26. The van der Waals surface area contributed by atoms with Crippen LogP contribution in [0.4, 0.5) is 5.00 Å². The van der Waals surface area contributed by atoms with Crippen LogP contribution in [0, 0.1) is 10.1 Å². The number of aromatic amines is 1. The molecule has 0 bridgehead atoms. The van der Waals surface area contributed by atoms with Gasteiger partial charge >= 0.3 is 5.00 Å². The van der Waals surface area contributed by atoms with E-state index in [9.17, 15) is 20.0 Å². The van der Waals surface area contributed by atoms with Gasteiger partial charge in [-0.25, -0.2) is 0 Å². The zero-order valence-electron chi connectivity index (χ0n) is 10.3. The molecule has 1 aromatic carbocycles. The molecule has 3 rings (SSSR count). The largest absolute Gasteiger partial charge is 0.507 e. The monoisotopic (exact) mass is 322 g/mol. The van der Waals surface area contributed by atoms with E-state index in [0.29, 0.717) is 22.0 Å². The summed E-state index contributed by atoms with van der Waals surface area (Å²) in [6.45, 7) is 0. The van der Waals surface area contributed by atoms with Crippen molar-refractivity contribution in [3.8, 4) is 16.9 Å². The van der Waals surface area contributed by atoms with Crippen LogP contribution in [0.15, 0.2) is 34.4 Å². The van der Waals surface area contributed by atoms with Gasteiger partial charge in [-0.15, -0.1) is 0 Å². The Kier molecular flexibility index (Phi) is 3.15.